The molecule has 104 valence electrons. The second-order valence-corrected chi connectivity index (χ2v) is 9.59. The Balaban J connectivity index is 2.89. The van der Waals surface area contributed by atoms with Gasteiger partial charge in [-0.2, -0.15) is 33.8 Å². The standard InChI is InChI=1S/C9H7F6IOS/c10-8(11,12)7-3-1-6(2-4-7)5-18(16,17)9(13,14)15/h1-4,17H,5H2/p-1. The normalized spacial score (nSPS) is 18.2. The molecule has 0 fully saturated rings. The fourth-order valence-electron chi connectivity index (χ4n) is 1.09. The fraction of sp³-hybridized carbons (Fsp3) is 0.333. The van der Waals surface area contributed by atoms with E-state index in [1.807, 2.05) is 0 Å². The van der Waals surface area contributed by atoms with Crippen LogP contribution in [0.2, 0.25) is 0 Å². The van der Waals surface area contributed by atoms with E-state index >= 15 is 0 Å². The van der Waals surface area contributed by atoms with E-state index in [0.29, 0.717) is 12.1 Å². The minimum Gasteiger partial charge on any atom is -0.798 e. The van der Waals surface area contributed by atoms with Gasteiger partial charge in [-0.1, -0.05) is 12.1 Å². The van der Waals surface area contributed by atoms with Crippen molar-refractivity contribution in [3.05, 3.63) is 35.4 Å². The van der Waals surface area contributed by atoms with Crippen molar-refractivity contribution >= 4 is 28.7 Å². The Morgan fingerprint density at radius 3 is 1.78 bits per heavy atom. The molecule has 0 aliphatic rings. The molecule has 1 aromatic rings. The van der Waals surface area contributed by atoms with Gasteiger partial charge < -0.3 is 4.55 Å². The van der Waals surface area contributed by atoms with Crippen LogP contribution in [0.1, 0.15) is 11.1 Å². The predicted molar refractivity (Wildman–Crippen MR) is 63.6 cm³/mol. The van der Waals surface area contributed by atoms with Crippen LogP contribution in [0.4, 0.5) is 26.3 Å². The third-order valence-corrected chi connectivity index (χ3v) is 5.81. The Labute approximate surface area is 112 Å². The van der Waals surface area contributed by atoms with Gasteiger partial charge in [0.1, 0.15) is 0 Å². The molecule has 1 atom stereocenters. The summed E-state index contributed by atoms with van der Waals surface area (Å²) in [5.41, 5.74) is -5.89. The van der Waals surface area contributed by atoms with Gasteiger partial charge in [-0.05, 0) is 38.9 Å². The third-order valence-electron chi connectivity index (χ3n) is 1.98. The maximum atomic E-state index is 12.3. The van der Waals surface area contributed by atoms with Gasteiger partial charge in [0.15, 0.2) is 0 Å². The second kappa shape index (κ2) is 5.08. The molecule has 0 saturated heterocycles. The highest BCUT2D eigenvalue weighted by atomic mass is 127. The number of hydrogen-bond donors (Lipinski definition) is 0. The summed E-state index contributed by atoms with van der Waals surface area (Å²) in [6.45, 7) is 0. The smallest absolute Gasteiger partial charge is 0.422 e. The van der Waals surface area contributed by atoms with Crippen molar-refractivity contribution in [2.75, 3.05) is 0 Å². The van der Waals surface area contributed by atoms with Gasteiger partial charge in [0, 0.05) is 5.75 Å². The molecule has 0 heterocycles. The second-order valence-electron chi connectivity index (χ2n) is 3.38. The van der Waals surface area contributed by atoms with E-state index in [9.17, 15) is 30.9 Å². The molecule has 1 nitrogen and oxygen atoms in total. The first-order valence-corrected chi connectivity index (χ1v) is 8.64. The van der Waals surface area contributed by atoms with E-state index in [0.717, 1.165) is 33.3 Å². The van der Waals surface area contributed by atoms with Crippen LogP contribution in [0.15, 0.2) is 24.3 Å². The van der Waals surface area contributed by atoms with Crippen molar-refractivity contribution in [2.24, 2.45) is 0 Å². The van der Waals surface area contributed by atoms with Gasteiger partial charge in [0.25, 0.3) is 0 Å². The molecule has 0 aliphatic carbocycles. The Kier molecular flexibility index (Phi) is 4.49. The highest BCUT2D eigenvalue weighted by Crippen LogP contribution is 2.66. The molecule has 0 aliphatic heterocycles. The van der Waals surface area contributed by atoms with Crippen LogP contribution < -0.4 is 0 Å². The lowest BCUT2D eigenvalue weighted by atomic mass is 10.1. The molecule has 18 heavy (non-hydrogen) atoms. The third kappa shape index (κ3) is 3.92. The summed E-state index contributed by atoms with van der Waals surface area (Å²) < 4.78 is 84.9. The van der Waals surface area contributed by atoms with E-state index in [4.69, 9.17) is 0 Å². The van der Waals surface area contributed by atoms with Crippen molar-refractivity contribution in [3.8, 4) is 0 Å². The predicted octanol–water partition coefficient (Wildman–Crippen LogP) is 5.01. The van der Waals surface area contributed by atoms with Crippen molar-refractivity contribution < 1.29 is 30.9 Å². The summed E-state index contributed by atoms with van der Waals surface area (Å²) in [4.78, 5) is 0. The molecule has 0 saturated carbocycles. The average molecular weight is 403 g/mol. The Morgan fingerprint density at radius 1 is 1.00 bits per heavy atom. The molecule has 0 spiro atoms. The summed E-state index contributed by atoms with van der Waals surface area (Å²) in [6, 6.07) is 3.12. The largest absolute Gasteiger partial charge is 0.798 e. The SMILES string of the molecule is [O-]S(I)(Cc1ccc(C(F)(F)F)cc1)C(F)(F)F. The molecule has 0 radical (unpaired) electrons. The molecule has 9 heteroatoms. The number of hydrogen-bond acceptors (Lipinski definition) is 1. The zero-order valence-electron chi connectivity index (χ0n) is 8.48. The summed E-state index contributed by atoms with van der Waals surface area (Å²) in [5, 5.41) is 0. The Bertz CT molecular complexity index is 411. The molecule has 1 rings (SSSR count). The molecule has 1 aromatic carbocycles. The molecular weight excluding hydrogens is 397 g/mol. The topological polar surface area (TPSA) is 23.1 Å². The monoisotopic (exact) mass is 403 g/mol. The van der Waals surface area contributed by atoms with Gasteiger partial charge >= 0.3 is 11.7 Å². The molecule has 0 aromatic heterocycles. The van der Waals surface area contributed by atoms with Crippen LogP contribution in [0.25, 0.3) is 0 Å². The van der Waals surface area contributed by atoms with Gasteiger partial charge in [0.05, 0.1) is 5.56 Å². The number of benzene rings is 1. The first-order valence-electron chi connectivity index (χ1n) is 4.37. The van der Waals surface area contributed by atoms with Crippen LogP contribution in [0.3, 0.4) is 0 Å². The van der Waals surface area contributed by atoms with Crippen molar-refractivity contribution in [1.82, 2.24) is 0 Å². The van der Waals surface area contributed by atoms with Gasteiger partial charge in [0.2, 0.25) is 0 Å². The number of halogens is 7. The van der Waals surface area contributed by atoms with Crippen LogP contribution in [-0.2, 0) is 11.9 Å². The molecule has 0 N–H and O–H groups in total. The van der Waals surface area contributed by atoms with Crippen molar-refractivity contribution in [2.45, 2.75) is 17.4 Å². The first-order chi connectivity index (χ1) is 7.93. The summed E-state index contributed by atoms with van der Waals surface area (Å²) in [7, 11) is -4.16. The lowest BCUT2D eigenvalue weighted by Crippen LogP contribution is -2.16. The quantitative estimate of drug-likeness (QED) is 0.503. The molecule has 1 unspecified atom stereocenters. The average Bonchev–Trinajstić information content (AvgIpc) is 2.14. The van der Waals surface area contributed by atoms with E-state index in [-0.39, 0.29) is 5.56 Å². The molecule has 0 bridgehead atoms. The van der Waals surface area contributed by atoms with E-state index in [1.54, 1.807) is 0 Å². The first kappa shape index (κ1) is 15.9. The number of rotatable bonds is 2. The van der Waals surface area contributed by atoms with E-state index in [1.165, 1.54) is 0 Å². The number of alkyl halides is 6. The molecular formula is C9H6F6IOS-. The molecule has 0 amide bonds. The Hall–Kier alpha value is -0.160. The van der Waals surface area contributed by atoms with Crippen LogP contribution in [0, 0.1) is 0 Å². The minimum atomic E-state index is -4.88. The van der Waals surface area contributed by atoms with Crippen LogP contribution in [0.5, 0.6) is 0 Å². The van der Waals surface area contributed by atoms with Gasteiger partial charge in [-0.15, -0.1) is 0 Å². The fourth-order valence-corrected chi connectivity index (χ4v) is 2.95. The van der Waals surface area contributed by atoms with Crippen LogP contribution in [-0.4, -0.2) is 10.1 Å². The van der Waals surface area contributed by atoms with Crippen LogP contribution >= 0.6 is 28.7 Å². The summed E-state index contributed by atoms with van der Waals surface area (Å²) in [5.74, 6) is -0.838. The van der Waals surface area contributed by atoms with Crippen molar-refractivity contribution in [3.63, 3.8) is 0 Å². The summed E-state index contributed by atoms with van der Waals surface area (Å²) in [6.07, 6.45) is -4.55. The van der Waals surface area contributed by atoms with E-state index < -0.39 is 30.5 Å². The maximum absolute atomic E-state index is 12.3. The van der Waals surface area contributed by atoms with Gasteiger partial charge in [-0.3, -0.25) is 0 Å². The minimum absolute atomic E-state index is 0.0558. The Morgan fingerprint density at radius 2 is 1.44 bits per heavy atom. The van der Waals surface area contributed by atoms with Crippen molar-refractivity contribution in [1.29, 1.82) is 0 Å². The lowest BCUT2D eigenvalue weighted by Gasteiger charge is -2.41. The lowest BCUT2D eigenvalue weighted by molar-refractivity contribution is -0.137. The summed E-state index contributed by atoms with van der Waals surface area (Å²) >= 11 is 0.791. The van der Waals surface area contributed by atoms with Gasteiger partial charge in [-0.25, -0.2) is 0 Å². The zero-order valence-corrected chi connectivity index (χ0v) is 11.5. The van der Waals surface area contributed by atoms with E-state index in [2.05, 4.69) is 0 Å². The maximum Gasteiger partial charge on any atom is 0.422 e. The highest BCUT2D eigenvalue weighted by Gasteiger charge is 2.39. The zero-order chi connectivity index (χ0) is 14.2. The highest BCUT2D eigenvalue weighted by molar-refractivity contribution is 14.2.